The summed E-state index contributed by atoms with van der Waals surface area (Å²) in [4.78, 5) is 26.8. The molecule has 1 saturated carbocycles. The molecule has 23 heavy (non-hydrogen) atoms. The fraction of sp³-hybridized carbons (Fsp3) is 0.889. The first-order chi connectivity index (χ1) is 10.4. The molecule has 5 heteroatoms. The first-order valence-electron chi connectivity index (χ1n) is 8.63. The Labute approximate surface area is 139 Å². The molecular formula is C18H31NO4. The SMILES string of the molecule is CC(C)(C)OC(=O)[C@@H]1CC2(CCCC2)CN1C(=O)OC(C)(C)C. The van der Waals surface area contributed by atoms with Crippen LogP contribution in [0, 0.1) is 5.41 Å². The minimum absolute atomic E-state index is 0.0679. The number of amides is 1. The summed E-state index contributed by atoms with van der Waals surface area (Å²) < 4.78 is 11.1. The molecule has 2 fully saturated rings. The summed E-state index contributed by atoms with van der Waals surface area (Å²) >= 11 is 0. The Bertz CT molecular complexity index is 428. The molecule has 0 radical (unpaired) electrons. The summed E-state index contributed by atoms with van der Waals surface area (Å²) in [7, 11) is 0. The molecule has 2 aliphatic rings. The van der Waals surface area contributed by atoms with Gasteiger partial charge in [0.1, 0.15) is 17.2 Å². The molecule has 1 amide bonds. The third-order valence-electron chi connectivity index (χ3n) is 4.48. The number of esters is 1. The van der Waals surface area contributed by atoms with Crippen molar-refractivity contribution in [3.05, 3.63) is 0 Å². The van der Waals surface area contributed by atoms with E-state index < -0.39 is 23.3 Å². The van der Waals surface area contributed by atoms with Gasteiger partial charge in [-0.1, -0.05) is 12.8 Å². The van der Waals surface area contributed by atoms with Gasteiger partial charge in [0.05, 0.1) is 0 Å². The third-order valence-corrected chi connectivity index (χ3v) is 4.48. The van der Waals surface area contributed by atoms with Crippen molar-refractivity contribution in [3.8, 4) is 0 Å². The largest absolute Gasteiger partial charge is 0.458 e. The van der Waals surface area contributed by atoms with Crippen molar-refractivity contribution in [1.82, 2.24) is 4.90 Å². The number of carbonyl (C=O) groups is 2. The standard InChI is InChI=1S/C18H31NO4/c1-16(2,3)22-14(20)13-11-18(9-7-8-10-18)12-19(13)15(21)23-17(4,5)6/h13H,7-12H2,1-6H3/t13-/m0/s1. The number of nitrogens with zero attached hydrogens (tertiary/aromatic N) is 1. The van der Waals surface area contributed by atoms with Crippen LogP contribution >= 0.6 is 0 Å². The quantitative estimate of drug-likeness (QED) is 0.686. The summed E-state index contributed by atoms with van der Waals surface area (Å²) in [5, 5.41) is 0. The summed E-state index contributed by atoms with van der Waals surface area (Å²) in [6.07, 6.45) is 4.78. The van der Waals surface area contributed by atoms with Crippen molar-refractivity contribution in [2.75, 3.05) is 6.54 Å². The topological polar surface area (TPSA) is 55.8 Å². The predicted molar refractivity (Wildman–Crippen MR) is 88.1 cm³/mol. The zero-order chi connectivity index (χ0) is 17.5. The highest BCUT2D eigenvalue weighted by atomic mass is 16.6. The van der Waals surface area contributed by atoms with Crippen LogP contribution in [0.25, 0.3) is 0 Å². The second-order valence-corrected chi connectivity index (χ2v) is 9.07. The summed E-state index contributed by atoms with van der Waals surface area (Å²) in [6.45, 7) is 11.7. The van der Waals surface area contributed by atoms with Gasteiger partial charge >= 0.3 is 12.1 Å². The Morgan fingerprint density at radius 1 is 0.957 bits per heavy atom. The molecule has 0 aromatic heterocycles. The molecule has 1 saturated heterocycles. The van der Waals surface area contributed by atoms with Gasteiger partial charge in [0, 0.05) is 6.54 Å². The Morgan fingerprint density at radius 2 is 1.48 bits per heavy atom. The number of likely N-dealkylation sites (tertiary alicyclic amines) is 1. The van der Waals surface area contributed by atoms with Gasteiger partial charge in [-0.25, -0.2) is 9.59 Å². The predicted octanol–water partition coefficient (Wildman–Crippen LogP) is 3.90. The van der Waals surface area contributed by atoms with E-state index in [1.165, 1.54) is 12.8 Å². The van der Waals surface area contributed by atoms with E-state index in [9.17, 15) is 9.59 Å². The maximum atomic E-state index is 12.6. The number of ether oxygens (including phenoxy) is 2. The molecular weight excluding hydrogens is 294 g/mol. The number of hydrogen-bond donors (Lipinski definition) is 0. The molecule has 0 aromatic carbocycles. The number of carbonyl (C=O) groups excluding carboxylic acids is 2. The average molecular weight is 325 g/mol. The maximum Gasteiger partial charge on any atom is 0.411 e. The van der Waals surface area contributed by atoms with Gasteiger partial charge in [0.2, 0.25) is 0 Å². The van der Waals surface area contributed by atoms with E-state index in [2.05, 4.69) is 0 Å². The first-order valence-corrected chi connectivity index (χ1v) is 8.63. The van der Waals surface area contributed by atoms with Crippen LogP contribution < -0.4 is 0 Å². The highest BCUT2D eigenvalue weighted by Crippen LogP contribution is 2.48. The smallest absolute Gasteiger partial charge is 0.411 e. The molecule has 5 nitrogen and oxygen atoms in total. The fourth-order valence-electron chi connectivity index (χ4n) is 3.64. The third kappa shape index (κ3) is 4.61. The first kappa shape index (κ1) is 18.1. The lowest BCUT2D eigenvalue weighted by molar-refractivity contribution is -0.160. The van der Waals surface area contributed by atoms with Gasteiger partial charge in [0.25, 0.3) is 0 Å². The minimum atomic E-state index is -0.568. The normalized spacial score (nSPS) is 24.1. The van der Waals surface area contributed by atoms with Crippen LogP contribution in [-0.2, 0) is 14.3 Å². The van der Waals surface area contributed by atoms with Crippen LogP contribution in [-0.4, -0.2) is 40.8 Å². The lowest BCUT2D eigenvalue weighted by Crippen LogP contribution is -2.45. The number of rotatable bonds is 1. The van der Waals surface area contributed by atoms with Crippen molar-refractivity contribution < 1.29 is 19.1 Å². The maximum absolute atomic E-state index is 12.6. The van der Waals surface area contributed by atoms with E-state index in [0.717, 1.165) is 12.8 Å². The van der Waals surface area contributed by atoms with Crippen LogP contribution in [0.5, 0.6) is 0 Å². The molecule has 0 bridgehead atoms. The van der Waals surface area contributed by atoms with Gasteiger partial charge in [-0.2, -0.15) is 0 Å². The molecule has 1 aliphatic heterocycles. The van der Waals surface area contributed by atoms with E-state index in [0.29, 0.717) is 13.0 Å². The average Bonchev–Trinajstić information content (AvgIpc) is 2.93. The van der Waals surface area contributed by atoms with Crippen molar-refractivity contribution in [3.63, 3.8) is 0 Å². The van der Waals surface area contributed by atoms with Crippen LogP contribution in [0.15, 0.2) is 0 Å². The van der Waals surface area contributed by atoms with Crippen molar-refractivity contribution in [2.24, 2.45) is 5.41 Å². The number of hydrogen-bond acceptors (Lipinski definition) is 4. The molecule has 1 atom stereocenters. The molecule has 132 valence electrons. The van der Waals surface area contributed by atoms with E-state index in [1.54, 1.807) is 4.90 Å². The fourth-order valence-corrected chi connectivity index (χ4v) is 3.64. The van der Waals surface area contributed by atoms with Crippen LogP contribution in [0.4, 0.5) is 4.79 Å². The molecule has 0 aromatic rings. The zero-order valence-corrected chi connectivity index (χ0v) is 15.4. The zero-order valence-electron chi connectivity index (χ0n) is 15.4. The molecule has 0 unspecified atom stereocenters. The highest BCUT2D eigenvalue weighted by Gasteiger charge is 2.51. The van der Waals surface area contributed by atoms with Crippen LogP contribution in [0.1, 0.15) is 73.6 Å². The van der Waals surface area contributed by atoms with Gasteiger partial charge < -0.3 is 9.47 Å². The minimum Gasteiger partial charge on any atom is -0.458 e. The summed E-state index contributed by atoms with van der Waals surface area (Å²) in [5.74, 6) is -0.313. The van der Waals surface area contributed by atoms with E-state index in [1.807, 2.05) is 41.5 Å². The molecule has 2 rings (SSSR count). The van der Waals surface area contributed by atoms with E-state index in [-0.39, 0.29) is 11.4 Å². The Hall–Kier alpha value is -1.26. The second kappa shape index (κ2) is 5.99. The van der Waals surface area contributed by atoms with E-state index >= 15 is 0 Å². The van der Waals surface area contributed by atoms with E-state index in [4.69, 9.17) is 9.47 Å². The molecule has 0 N–H and O–H groups in total. The second-order valence-electron chi connectivity index (χ2n) is 9.07. The summed E-state index contributed by atoms with van der Waals surface area (Å²) in [6, 6.07) is -0.526. The van der Waals surface area contributed by atoms with Crippen molar-refractivity contribution in [2.45, 2.75) is 90.9 Å². The molecule has 1 spiro atoms. The Kier molecular flexibility index (Phi) is 4.71. The van der Waals surface area contributed by atoms with Crippen LogP contribution in [0.2, 0.25) is 0 Å². The highest BCUT2D eigenvalue weighted by molar-refractivity contribution is 5.82. The lowest BCUT2D eigenvalue weighted by atomic mass is 9.84. The summed E-state index contributed by atoms with van der Waals surface area (Å²) in [5.41, 5.74) is -1.05. The van der Waals surface area contributed by atoms with Gasteiger partial charge in [-0.3, -0.25) is 4.90 Å². The molecule has 1 aliphatic carbocycles. The van der Waals surface area contributed by atoms with Crippen molar-refractivity contribution in [1.29, 1.82) is 0 Å². The van der Waals surface area contributed by atoms with Gasteiger partial charge in [0.15, 0.2) is 0 Å². The van der Waals surface area contributed by atoms with Crippen LogP contribution in [0.3, 0.4) is 0 Å². The van der Waals surface area contributed by atoms with Crippen molar-refractivity contribution >= 4 is 12.1 Å². The van der Waals surface area contributed by atoms with Gasteiger partial charge in [-0.15, -0.1) is 0 Å². The Balaban J connectivity index is 2.17. The lowest BCUT2D eigenvalue weighted by Gasteiger charge is -2.29. The van der Waals surface area contributed by atoms with Gasteiger partial charge in [-0.05, 0) is 66.2 Å². The Morgan fingerprint density at radius 3 is 1.96 bits per heavy atom. The molecule has 1 heterocycles. The monoisotopic (exact) mass is 325 g/mol.